The zero-order valence-corrected chi connectivity index (χ0v) is 13.4. The molecule has 2 heterocycles. The molecule has 0 amide bonds. The predicted molar refractivity (Wildman–Crippen MR) is 87.1 cm³/mol. The molecule has 0 aliphatic carbocycles. The molecule has 0 radical (unpaired) electrons. The van der Waals surface area contributed by atoms with Crippen molar-refractivity contribution in [3.05, 3.63) is 35.9 Å². The first kappa shape index (κ1) is 14.9. The fourth-order valence-electron chi connectivity index (χ4n) is 2.78. The molecule has 0 unspecified atom stereocenters. The van der Waals surface area contributed by atoms with E-state index >= 15 is 0 Å². The first-order valence-electron chi connectivity index (χ1n) is 8.14. The molecule has 22 heavy (non-hydrogen) atoms. The maximum Gasteiger partial charge on any atom is 0.152 e. The van der Waals surface area contributed by atoms with E-state index in [1.165, 1.54) is 19.3 Å². The molecule has 3 rings (SSSR count). The Morgan fingerprint density at radius 3 is 2.73 bits per heavy atom. The molecule has 0 saturated carbocycles. The summed E-state index contributed by atoms with van der Waals surface area (Å²) in [5.41, 5.74) is 1.07. The van der Waals surface area contributed by atoms with Gasteiger partial charge in [0.05, 0.1) is 12.6 Å². The van der Waals surface area contributed by atoms with E-state index in [2.05, 4.69) is 20.1 Å². The summed E-state index contributed by atoms with van der Waals surface area (Å²) in [4.78, 5) is 0. The molecule has 0 bridgehead atoms. The van der Waals surface area contributed by atoms with Crippen LogP contribution in [0.2, 0.25) is 0 Å². The van der Waals surface area contributed by atoms with Crippen LogP contribution in [0.25, 0.3) is 0 Å². The van der Waals surface area contributed by atoms with Gasteiger partial charge < -0.3 is 14.6 Å². The lowest BCUT2D eigenvalue weighted by Crippen LogP contribution is -2.10. The Labute approximate surface area is 131 Å². The Kier molecular flexibility index (Phi) is 4.61. The standard InChI is InChI=1S/C17H24N4O/c1-13(2)22-15-9-7-14(8-10-15)18-12-17-20-19-16-6-4-3-5-11-21(16)17/h7-10,13,18H,3-6,11-12H2,1-2H3. The summed E-state index contributed by atoms with van der Waals surface area (Å²) in [5, 5.41) is 12.1. The first-order valence-corrected chi connectivity index (χ1v) is 8.14. The van der Waals surface area contributed by atoms with Crippen molar-refractivity contribution in [1.29, 1.82) is 0 Å². The van der Waals surface area contributed by atoms with Crippen LogP contribution < -0.4 is 10.1 Å². The van der Waals surface area contributed by atoms with Gasteiger partial charge in [-0.3, -0.25) is 0 Å². The molecule has 118 valence electrons. The number of hydrogen-bond acceptors (Lipinski definition) is 4. The number of rotatable bonds is 5. The highest BCUT2D eigenvalue weighted by atomic mass is 16.5. The number of ether oxygens (including phenoxy) is 1. The topological polar surface area (TPSA) is 52.0 Å². The molecule has 1 aliphatic heterocycles. The van der Waals surface area contributed by atoms with E-state index in [4.69, 9.17) is 4.74 Å². The van der Waals surface area contributed by atoms with Crippen LogP contribution in [0.5, 0.6) is 5.75 Å². The second-order valence-electron chi connectivity index (χ2n) is 6.04. The Morgan fingerprint density at radius 1 is 1.14 bits per heavy atom. The average Bonchev–Trinajstić information content (AvgIpc) is 2.73. The van der Waals surface area contributed by atoms with Gasteiger partial charge in [-0.15, -0.1) is 10.2 Å². The molecular weight excluding hydrogens is 276 g/mol. The van der Waals surface area contributed by atoms with Crippen LogP contribution in [-0.2, 0) is 19.5 Å². The van der Waals surface area contributed by atoms with Gasteiger partial charge in [0.2, 0.25) is 0 Å². The van der Waals surface area contributed by atoms with Crippen molar-refractivity contribution in [3.8, 4) is 5.75 Å². The SMILES string of the molecule is CC(C)Oc1ccc(NCc2nnc3n2CCCCC3)cc1. The number of nitrogens with one attached hydrogen (secondary N) is 1. The van der Waals surface area contributed by atoms with Gasteiger partial charge in [0.15, 0.2) is 5.82 Å². The van der Waals surface area contributed by atoms with Crippen molar-refractivity contribution in [2.75, 3.05) is 5.32 Å². The Bertz CT molecular complexity index is 604. The van der Waals surface area contributed by atoms with Crippen molar-refractivity contribution in [2.24, 2.45) is 0 Å². The number of benzene rings is 1. The van der Waals surface area contributed by atoms with E-state index < -0.39 is 0 Å². The lowest BCUT2D eigenvalue weighted by molar-refractivity contribution is 0.242. The Balaban J connectivity index is 1.62. The lowest BCUT2D eigenvalue weighted by Gasteiger charge is -2.11. The molecule has 5 nitrogen and oxygen atoms in total. The maximum atomic E-state index is 5.65. The zero-order valence-electron chi connectivity index (χ0n) is 13.4. The monoisotopic (exact) mass is 300 g/mol. The highest BCUT2D eigenvalue weighted by Gasteiger charge is 2.14. The molecule has 5 heteroatoms. The largest absolute Gasteiger partial charge is 0.491 e. The van der Waals surface area contributed by atoms with Gasteiger partial charge in [-0.2, -0.15) is 0 Å². The van der Waals surface area contributed by atoms with Crippen molar-refractivity contribution in [2.45, 2.75) is 58.7 Å². The third-order valence-corrected chi connectivity index (χ3v) is 3.86. The minimum absolute atomic E-state index is 0.199. The number of fused-ring (bicyclic) bond motifs is 1. The average molecular weight is 300 g/mol. The van der Waals surface area contributed by atoms with Crippen LogP contribution in [0.3, 0.4) is 0 Å². The molecular formula is C17H24N4O. The zero-order chi connectivity index (χ0) is 15.4. The van der Waals surface area contributed by atoms with Gasteiger partial charge in [0.1, 0.15) is 11.6 Å². The number of nitrogens with zero attached hydrogens (tertiary/aromatic N) is 3. The number of aryl methyl sites for hydroxylation is 1. The summed E-state index contributed by atoms with van der Waals surface area (Å²) < 4.78 is 7.93. The number of hydrogen-bond donors (Lipinski definition) is 1. The second-order valence-corrected chi connectivity index (χ2v) is 6.04. The predicted octanol–water partition coefficient (Wildman–Crippen LogP) is 3.40. The van der Waals surface area contributed by atoms with E-state index in [1.807, 2.05) is 38.1 Å². The highest BCUT2D eigenvalue weighted by molar-refractivity contribution is 5.46. The smallest absolute Gasteiger partial charge is 0.152 e. The molecule has 0 fully saturated rings. The molecule has 0 spiro atoms. The van der Waals surface area contributed by atoms with E-state index in [1.54, 1.807) is 0 Å². The second kappa shape index (κ2) is 6.81. The normalized spacial score (nSPS) is 14.5. The lowest BCUT2D eigenvalue weighted by atomic mass is 10.2. The van der Waals surface area contributed by atoms with Gasteiger partial charge in [-0.1, -0.05) is 6.42 Å². The molecule has 1 aromatic heterocycles. The summed E-state index contributed by atoms with van der Waals surface area (Å²) in [6.45, 7) is 5.81. The Morgan fingerprint density at radius 2 is 1.95 bits per heavy atom. The highest BCUT2D eigenvalue weighted by Crippen LogP contribution is 2.18. The molecule has 1 aromatic carbocycles. The molecule has 1 N–H and O–H groups in total. The first-order chi connectivity index (χ1) is 10.7. The van der Waals surface area contributed by atoms with E-state index in [0.29, 0.717) is 6.54 Å². The molecule has 1 aliphatic rings. The summed E-state index contributed by atoms with van der Waals surface area (Å²) in [7, 11) is 0. The van der Waals surface area contributed by atoms with Crippen molar-refractivity contribution in [1.82, 2.24) is 14.8 Å². The summed E-state index contributed by atoms with van der Waals surface area (Å²) in [6.07, 6.45) is 4.98. The fourth-order valence-corrected chi connectivity index (χ4v) is 2.78. The van der Waals surface area contributed by atoms with E-state index in [0.717, 1.165) is 36.1 Å². The Hall–Kier alpha value is -2.04. The minimum Gasteiger partial charge on any atom is -0.491 e. The molecule has 0 saturated heterocycles. The van der Waals surface area contributed by atoms with Crippen LogP contribution >= 0.6 is 0 Å². The summed E-state index contributed by atoms with van der Waals surface area (Å²) in [6, 6.07) is 8.06. The van der Waals surface area contributed by atoms with Crippen molar-refractivity contribution >= 4 is 5.69 Å². The van der Waals surface area contributed by atoms with Gasteiger partial charge in [-0.25, -0.2) is 0 Å². The van der Waals surface area contributed by atoms with Gasteiger partial charge in [-0.05, 0) is 51.0 Å². The van der Waals surface area contributed by atoms with Crippen LogP contribution in [0.15, 0.2) is 24.3 Å². The third kappa shape index (κ3) is 3.59. The van der Waals surface area contributed by atoms with Crippen LogP contribution in [-0.4, -0.2) is 20.9 Å². The van der Waals surface area contributed by atoms with Crippen molar-refractivity contribution in [3.63, 3.8) is 0 Å². The summed E-state index contributed by atoms with van der Waals surface area (Å²) >= 11 is 0. The third-order valence-electron chi connectivity index (χ3n) is 3.86. The van der Waals surface area contributed by atoms with E-state index in [9.17, 15) is 0 Å². The molecule has 0 atom stereocenters. The van der Waals surface area contributed by atoms with Gasteiger partial charge in [0.25, 0.3) is 0 Å². The van der Waals surface area contributed by atoms with E-state index in [-0.39, 0.29) is 6.10 Å². The quantitative estimate of drug-likeness (QED) is 0.919. The fraction of sp³-hybridized carbons (Fsp3) is 0.529. The summed E-state index contributed by atoms with van der Waals surface area (Å²) in [5.74, 6) is 3.06. The van der Waals surface area contributed by atoms with Gasteiger partial charge >= 0.3 is 0 Å². The van der Waals surface area contributed by atoms with Crippen LogP contribution in [0.1, 0.15) is 44.8 Å². The minimum atomic E-state index is 0.199. The number of aromatic nitrogens is 3. The van der Waals surface area contributed by atoms with Crippen LogP contribution in [0.4, 0.5) is 5.69 Å². The van der Waals surface area contributed by atoms with Crippen LogP contribution in [0, 0.1) is 0 Å². The maximum absolute atomic E-state index is 5.65. The number of anilines is 1. The molecule has 2 aromatic rings. The van der Waals surface area contributed by atoms with Crippen molar-refractivity contribution < 1.29 is 4.74 Å². The van der Waals surface area contributed by atoms with Gasteiger partial charge in [0, 0.05) is 18.7 Å².